The van der Waals surface area contributed by atoms with Gasteiger partial charge in [-0.15, -0.1) is 0 Å². The summed E-state index contributed by atoms with van der Waals surface area (Å²) in [5.41, 5.74) is 0.441. The van der Waals surface area contributed by atoms with Crippen molar-refractivity contribution in [3.8, 4) is 0 Å². The molecule has 1 aliphatic heterocycles. The lowest BCUT2D eigenvalue weighted by atomic mass is 10.1. The second-order valence-electron chi connectivity index (χ2n) is 3.71. The van der Waals surface area contributed by atoms with Gasteiger partial charge in [-0.3, -0.25) is 0 Å². The Morgan fingerprint density at radius 2 is 2.40 bits per heavy atom. The van der Waals surface area contributed by atoms with Crippen molar-refractivity contribution < 1.29 is 4.39 Å². The second kappa shape index (κ2) is 5.08. The number of para-hydroxylation sites is 1. The normalized spacial score (nSPS) is 20.5. The number of anilines is 1. The van der Waals surface area contributed by atoms with Crippen LogP contribution in [0.2, 0.25) is 5.02 Å². The minimum absolute atomic E-state index is 0.270. The summed E-state index contributed by atoms with van der Waals surface area (Å²) in [5.74, 6) is 2.76. The number of thioether (sulfide) groups is 1. The maximum Gasteiger partial charge on any atom is 0.147 e. The highest BCUT2D eigenvalue weighted by Gasteiger charge is 2.16. The monoisotopic (exact) mass is 245 g/mol. The first-order valence-corrected chi connectivity index (χ1v) is 6.56. The summed E-state index contributed by atoms with van der Waals surface area (Å²) in [6.07, 6.45) is 1.21. The summed E-state index contributed by atoms with van der Waals surface area (Å²) in [4.78, 5) is 0. The number of hydrogen-bond donors (Lipinski definition) is 1. The molecule has 4 heteroatoms. The average molecular weight is 246 g/mol. The first-order chi connectivity index (χ1) is 7.27. The van der Waals surface area contributed by atoms with Gasteiger partial charge in [0.15, 0.2) is 0 Å². The summed E-state index contributed by atoms with van der Waals surface area (Å²) in [5, 5.41) is 3.56. The van der Waals surface area contributed by atoms with Crippen LogP contribution >= 0.6 is 23.4 Å². The maximum absolute atomic E-state index is 13.4. The van der Waals surface area contributed by atoms with Crippen LogP contribution in [0.25, 0.3) is 0 Å². The van der Waals surface area contributed by atoms with E-state index in [1.54, 1.807) is 12.1 Å². The second-order valence-corrected chi connectivity index (χ2v) is 5.26. The van der Waals surface area contributed by atoms with Gasteiger partial charge in [0.1, 0.15) is 5.82 Å². The van der Waals surface area contributed by atoms with Crippen molar-refractivity contribution in [1.29, 1.82) is 0 Å². The molecular weight excluding hydrogens is 233 g/mol. The minimum Gasteiger partial charge on any atom is -0.381 e. The van der Waals surface area contributed by atoms with Crippen LogP contribution in [0.15, 0.2) is 18.2 Å². The molecule has 0 amide bonds. The third-order valence-corrected chi connectivity index (χ3v) is 4.10. The zero-order valence-corrected chi connectivity index (χ0v) is 9.87. The highest BCUT2D eigenvalue weighted by molar-refractivity contribution is 7.99. The molecule has 2 rings (SSSR count). The lowest BCUT2D eigenvalue weighted by molar-refractivity contribution is 0.611. The molecule has 1 unspecified atom stereocenters. The van der Waals surface area contributed by atoms with Crippen molar-refractivity contribution in [2.24, 2.45) is 5.92 Å². The molecule has 1 aliphatic rings. The number of rotatable bonds is 3. The quantitative estimate of drug-likeness (QED) is 0.873. The van der Waals surface area contributed by atoms with Gasteiger partial charge in [0.25, 0.3) is 0 Å². The summed E-state index contributed by atoms with van der Waals surface area (Å²) in [7, 11) is 0. The van der Waals surface area contributed by atoms with Gasteiger partial charge in [-0.1, -0.05) is 17.7 Å². The molecule has 0 spiro atoms. The standard InChI is InChI=1S/C11H13ClFNS/c12-9-2-1-3-10(13)11(9)14-6-8-4-5-15-7-8/h1-3,8,14H,4-7H2. The number of hydrogen-bond acceptors (Lipinski definition) is 2. The Labute approximate surface area is 98.4 Å². The molecule has 82 valence electrons. The van der Waals surface area contributed by atoms with Gasteiger partial charge in [-0.2, -0.15) is 11.8 Å². The van der Waals surface area contributed by atoms with Crippen LogP contribution in [0.3, 0.4) is 0 Å². The fourth-order valence-corrected chi connectivity index (χ4v) is 3.17. The van der Waals surface area contributed by atoms with Crippen LogP contribution < -0.4 is 5.32 Å². The van der Waals surface area contributed by atoms with E-state index in [9.17, 15) is 4.39 Å². The third-order valence-electron chi connectivity index (χ3n) is 2.55. The number of halogens is 2. The fraction of sp³-hybridized carbons (Fsp3) is 0.455. The molecule has 0 bridgehead atoms. The molecule has 0 aromatic heterocycles. The zero-order chi connectivity index (χ0) is 10.7. The third kappa shape index (κ3) is 2.79. The van der Waals surface area contributed by atoms with Gasteiger partial charge < -0.3 is 5.32 Å². The lowest BCUT2D eigenvalue weighted by Crippen LogP contribution is -2.14. The lowest BCUT2D eigenvalue weighted by Gasteiger charge is -2.12. The molecule has 0 aliphatic carbocycles. The summed E-state index contributed by atoms with van der Waals surface area (Å²) < 4.78 is 13.4. The van der Waals surface area contributed by atoms with Crippen LogP contribution in [0, 0.1) is 11.7 Å². The van der Waals surface area contributed by atoms with E-state index in [1.165, 1.54) is 24.0 Å². The van der Waals surface area contributed by atoms with E-state index in [0.717, 1.165) is 6.54 Å². The topological polar surface area (TPSA) is 12.0 Å². The van der Waals surface area contributed by atoms with Gasteiger partial charge in [0.2, 0.25) is 0 Å². The van der Waals surface area contributed by atoms with E-state index in [1.807, 2.05) is 11.8 Å². The Bertz CT molecular complexity index is 319. The van der Waals surface area contributed by atoms with E-state index in [2.05, 4.69) is 5.32 Å². The molecule has 1 nitrogen and oxygen atoms in total. The van der Waals surface area contributed by atoms with E-state index in [0.29, 0.717) is 16.6 Å². The molecule has 0 radical (unpaired) electrons. The van der Waals surface area contributed by atoms with E-state index < -0.39 is 0 Å². The zero-order valence-electron chi connectivity index (χ0n) is 8.30. The van der Waals surface area contributed by atoms with Crippen molar-refractivity contribution in [3.63, 3.8) is 0 Å². The van der Waals surface area contributed by atoms with Gasteiger partial charge in [0.05, 0.1) is 10.7 Å². The molecule has 1 saturated heterocycles. The average Bonchev–Trinajstić information content (AvgIpc) is 2.70. The first-order valence-electron chi connectivity index (χ1n) is 5.03. The minimum atomic E-state index is -0.270. The van der Waals surface area contributed by atoms with Crippen molar-refractivity contribution in [3.05, 3.63) is 29.0 Å². The van der Waals surface area contributed by atoms with Crippen LogP contribution in [0.1, 0.15) is 6.42 Å². The summed E-state index contributed by atoms with van der Waals surface area (Å²) >= 11 is 7.87. The van der Waals surface area contributed by atoms with Crippen LogP contribution in [0.5, 0.6) is 0 Å². The van der Waals surface area contributed by atoms with E-state index >= 15 is 0 Å². The van der Waals surface area contributed by atoms with Crippen molar-refractivity contribution in [2.75, 3.05) is 23.4 Å². The van der Waals surface area contributed by atoms with Crippen LogP contribution in [-0.4, -0.2) is 18.1 Å². The highest BCUT2D eigenvalue weighted by Crippen LogP contribution is 2.27. The molecule has 1 aromatic carbocycles. The van der Waals surface area contributed by atoms with Crippen LogP contribution in [0.4, 0.5) is 10.1 Å². The number of benzene rings is 1. The molecule has 1 atom stereocenters. The van der Waals surface area contributed by atoms with E-state index in [-0.39, 0.29) is 5.82 Å². The highest BCUT2D eigenvalue weighted by atomic mass is 35.5. The number of nitrogens with one attached hydrogen (secondary N) is 1. The molecule has 1 heterocycles. The van der Waals surface area contributed by atoms with E-state index in [4.69, 9.17) is 11.6 Å². The molecular formula is C11H13ClFNS. The summed E-state index contributed by atoms with van der Waals surface area (Å²) in [6, 6.07) is 4.75. The Kier molecular flexibility index (Phi) is 3.76. The van der Waals surface area contributed by atoms with Gasteiger partial charge in [-0.25, -0.2) is 4.39 Å². The molecule has 1 N–H and O–H groups in total. The Balaban J connectivity index is 1.97. The molecule has 15 heavy (non-hydrogen) atoms. The Hall–Kier alpha value is -0.410. The first kappa shape index (κ1) is 11.1. The predicted octanol–water partition coefficient (Wildman–Crippen LogP) is 3.64. The van der Waals surface area contributed by atoms with Crippen molar-refractivity contribution in [1.82, 2.24) is 0 Å². The molecule has 0 saturated carbocycles. The SMILES string of the molecule is Fc1cccc(Cl)c1NCC1CCSC1. The fourth-order valence-electron chi connectivity index (χ4n) is 1.66. The van der Waals surface area contributed by atoms with Crippen molar-refractivity contribution in [2.45, 2.75) is 6.42 Å². The van der Waals surface area contributed by atoms with Crippen LogP contribution in [-0.2, 0) is 0 Å². The van der Waals surface area contributed by atoms with Gasteiger partial charge in [-0.05, 0) is 36.0 Å². The van der Waals surface area contributed by atoms with Gasteiger partial charge >= 0.3 is 0 Å². The Morgan fingerprint density at radius 3 is 3.07 bits per heavy atom. The smallest absolute Gasteiger partial charge is 0.147 e. The summed E-state index contributed by atoms with van der Waals surface area (Å²) in [6.45, 7) is 0.813. The predicted molar refractivity (Wildman–Crippen MR) is 65.3 cm³/mol. The maximum atomic E-state index is 13.4. The molecule has 1 fully saturated rings. The largest absolute Gasteiger partial charge is 0.381 e. The Morgan fingerprint density at radius 1 is 1.53 bits per heavy atom. The van der Waals surface area contributed by atoms with Crippen molar-refractivity contribution >= 4 is 29.1 Å². The van der Waals surface area contributed by atoms with Gasteiger partial charge in [0, 0.05) is 6.54 Å². The molecule has 1 aromatic rings.